The van der Waals surface area contributed by atoms with E-state index in [9.17, 15) is 30.0 Å². The van der Waals surface area contributed by atoms with E-state index in [0.29, 0.717) is 0 Å². The number of aliphatic hydroxyl groups excluding tert-OH is 5. The summed E-state index contributed by atoms with van der Waals surface area (Å²) in [7, 11) is 2.68. The Bertz CT molecular complexity index is 367. The van der Waals surface area contributed by atoms with Crippen molar-refractivity contribution >= 4 is 11.9 Å². The van der Waals surface area contributed by atoms with E-state index in [4.69, 9.17) is 10.2 Å². The van der Waals surface area contributed by atoms with Crippen LogP contribution in [-0.2, 0) is 9.59 Å². The Morgan fingerprint density at radius 2 is 1.59 bits per heavy atom. The van der Waals surface area contributed by atoms with Crippen LogP contribution in [0.15, 0.2) is 0 Å². The van der Waals surface area contributed by atoms with Gasteiger partial charge in [-0.3, -0.25) is 9.59 Å². The molecule has 0 saturated carbocycles. The number of hydrogen-bond donors (Lipinski definition) is 7. The van der Waals surface area contributed by atoms with Gasteiger partial charge in [0.25, 0.3) is 0 Å². The van der Waals surface area contributed by atoms with Gasteiger partial charge in [0.05, 0.1) is 13.0 Å². The summed E-state index contributed by atoms with van der Waals surface area (Å²) in [6, 6.07) is -1.08. The van der Waals surface area contributed by atoms with Crippen LogP contribution in [0.3, 0.4) is 0 Å². The van der Waals surface area contributed by atoms with Crippen LogP contribution in [0, 0.1) is 0 Å². The fourth-order valence-electron chi connectivity index (χ4n) is 1.70. The molecule has 0 radical (unpaired) electrons. The molecule has 0 aliphatic heterocycles. The molecule has 10 nitrogen and oxygen atoms in total. The third-order valence-electron chi connectivity index (χ3n) is 3.24. The molecule has 130 valence electrons. The Balaban J connectivity index is 4.53. The zero-order valence-electron chi connectivity index (χ0n) is 12.5. The van der Waals surface area contributed by atoms with Crippen LogP contribution in [0.4, 0.5) is 0 Å². The molecule has 0 aromatic heterocycles. The van der Waals surface area contributed by atoms with Gasteiger partial charge in [-0.15, -0.1) is 0 Å². The number of aliphatic hydroxyl groups is 5. The first kappa shape index (κ1) is 20.7. The van der Waals surface area contributed by atoms with E-state index in [2.05, 4.69) is 5.32 Å². The lowest BCUT2D eigenvalue weighted by atomic mass is 10.0. The third kappa shape index (κ3) is 6.22. The van der Waals surface area contributed by atoms with Crippen molar-refractivity contribution in [2.75, 3.05) is 27.2 Å². The van der Waals surface area contributed by atoms with Crippen LogP contribution in [-0.4, -0.2) is 105 Å². The number of carboxylic acids is 1. The van der Waals surface area contributed by atoms with Crippen LogP contribution >= 0.6 is 0 Å². The molecule has 0 spiro atoms. The molecule has 10 heteroatoms. The highest BCUT2D eigenvalue weighted by Gasteiger charge is 2.31. The fraction of sp³-hybridized carbons (Fsp3) is 0.833. The second-order valence-corrected chi connectivity index (χ2v) is 4.96. The summed E-state index contributed by atoms with van der Waals surface area (Å²) in [5, 5.41) is 57.9. The lowest BCUT2D eigenvalue weighted by Crippen LogP contribution is -2.50. The molecule has 0 aromatic rings. The first-order chi connectivity index (χ1) is 10.1. The molecule has 1 amide bonds. The second-order valence-electron chi connectivity index (χ2n) is 4.96. The molecule has 1 unspecified atom stereocenters. The van der Waals surface area contributed by atoms with Crippen LogP contribution < -0.4 is 5.32 Å². The normalized spacial score (nSPS) is 18.1. The van der Waals surface area contributed by atoms with E-state index in [1.54, 1.807) is 0 Å². The molecule has 0 aliphatic carbocycles. The predicted octanol–water partition coefficient (Wildman–Crippen LogP) is -4.06. The Morgan fingerprint density at radius 1 is 1.09 bits per heavy atom. The Labute approximate surface area is 127 Å². The molecule has 0 saturated heterocycles. The standard InChI is InChI=1S/C12H24N2O8/c1-13-6(12(21)22)3-9(18)14(2)4-7(16)10(19)11(20)8(17)5-15/h6-8,10-11,13,15-17,19-20H,3-5H2,1-2H3,(H,21,22)/t6?,7-,8+,10+,11+/m1/s1. The number of carbonyl (C=O) groups is 2. The van der Waals surface area contributed by atoms with Gasteiger partial charge in [-0.25, -0.2) is 0 Å². The zero-order chi connectivity index (χ0) is 17.4. The Kier molecular flexibility index (Phi) is 9.09. The number of rotatable bonds is 10. The fourth-order valence-corrected chi connectivity index (χ4v) is 1.70. The summed E-state index contributed by atoms with van der Waals surface area (Å²) in [5.41, 5.74) is 0. The van der Waals surface area contributed by atoms with Crippen LogP contribution in [0.2, 0.25) is 0 Å². The number of likely N-dealkylation sites (N-methyl/N-ethyl adjacent to an activating group) is 2. The van der Waals surface area contributed by atoms with Gasteiger partial charge in [0.1, 0.15) is 30.5 Å². The number of carboxylic acid groups (broad SMARTS) is 1. The van der Waals surface area contributed by atoms with E-state index >= 15 is 0 Å². The number of amides is 1. The second kappa shape index (κ2) is 9.66. The maximum Gasteiger partial charge on any atom is 0.321 e. The number of aliphatic carboxylic acids is 1. The lowest BCUT2D eigenvalue weighted by Gasteiger charge is -2.29. The van der Waals surface area contributed by atoms with Crippen LogP contribution in [0.5, 0.6) is 0 Å². The molecule has 0 fully saturated rings. The SMILES string of the molecule is CNC(CC(=O)N(C)C[C@@H](O)[C@H](O)[C@@H](O)[C@@H](O)CO)C(=O)O. The van der Waals surface area contributed by atoms with E-state index in [0.717, 1.165) is 4.90 Å². The van der Waals surface area contributed by atoms with E-state index in [1.807, 2.05) is 0 Å². The van der Waals surface area contributed by atoms with Crippen molar-refractivity contribution in [1.82, 2.24) is 10.2 Å². The minimum atomic E-state index is -1.78. The van der Waals surface area contributed by atoms with E-state index < -0.39 is 48.9 Å². The summed E-state index contributed by atoms with van der Waals surface area (Å²) in [4.78, 5) is 23.6. The molecule has 7 N–H and O–H groups in total. The molecular formula is C12H24N2O8. The molecule has 22 heavy (non-hydrogen) atoms. The Morgan fingerprint density at radius 3 is 2.00 bits per heavy atom. The van der Waals surface area contributed by atoms with Gasteiger partial charge in [0, 0.05) is 13.6 Å². The third-order valence-corrected chi connectivity index (χ3v) is 3.24. The summed E-state index contributed by atoms with van der Waals surface area (Å²) in [5.74, 6) is -1.79. The lowest BCUT2D eigenvalue weighted by molar-refractivity contribution is -0.145. The van der Waals surface area contributed by atoms with Gasteiger partial charge in [-0.2, -0.15) is 0 Å². The average molecular weight is 324 g/mol. The zero-order valence-corrected chi connectivity index (χ0v) is 12.5. The molecule has 0 rings (SSSR count). The maximum absolute atomic E-state index is 11.8. The topological polar surface area (TPSA) is 171 Å². The summed E-state index contributed by atoms with van der Waals surface area (Å²) in [6.45, 7) is -1.19. The van der Waals surface area contributed by atoms with Crippen molar-refractivity contribution in [1.29, 1.82) is 0 Å². The van der Waals surface area contributed by atoms with Crippen molar-refractivity contribution in [3.05, 3.63) is 0 Å². The Hall–Kier alpha value is -1.30. The van der Waals surface area contributed by atoms with Crippen LogP contribution in [0.1, 0.15) is 6.42 Å². The predicted molar refractivity (Wildman–Crippen MR) is 73.9 cm³/mol. The smallest absolute Gasteiger partial charge is 0.321 e. The van der Waals surface area contributed by atoms with Gasteiger partial charge in [0.2, 0.25) is 5.91 Å². The van der Waals surface area contributed by atoms with Crippen molar-refractivity contribution in [3.8, 4) is 0 Å². The average Bonchev–Trinajstić information content (AvgIpc) is 2.49. The van der Waals surface area contributed by atoms with Crippen molar-refractivity contribution < 1.29 is 40.2 Å². The maximum atomic E-state index is 11.8. The van der Waals surface area contributed by atoms with Crippen molar-refractivity contribution in [2.45, 2.75) is 36.9 Å². The number of nitrogens with zero attached hydrogens (tertiary/aromatic N) is 1. The van der Waals surface area contributed by atoms with E-state index in [-0.39, 0.29) is 13.0 Å². The summed E-state index contributed by atoms with van der Waals surface area (Å²) < 4.78 is 0. The number of carbonyl (C=O) groups excluding carboxylic acids is 1. The highest BCUT2D eigenvalue weighted by Crippen LogP contribution is 2.07. The highest BCUT2D eigenvalue weighted by molar-refractivity contribution is 5.84. The summed E-state index contributed by atoms with van der Waals surface area (Å²) in [6.07, 6.45) is -7.13. The molecule has 5 atom stereocenters. The molecular weight excluding hydrogens is 300 g/mol. The number of hydrogen-bond acceptors (Lipinski definition) is 8. The van der Waals surface area contributed by atoms with Crippen molar-refractivity contribution in [2.24, 2.45) is 0 Å². The largest absolute Gasteiger partial charge is 0.480 e. The number of nitrogens with one attached hydrogen (secondary N) is 1. The first-order valence-corrected chi connectivity index (χ1v) is 6.62. The van der Waals surface area contributed by atoms with Gasteiger partial charge in [-0.05, 0) is 7.05 Å². The van der Waals surface area contributed by atoms with Gasteiger partial charge in [0.15, 0.2) is 0 Å². The van der Waals surface area contributed by atoms with E-state index in [1.165, 1.54) is 14.1 Å². The molecule has 0 aromatic carbocycles. The molecule has 0 heterocycles. The van der Waals surface area contributed by atoms with Gasteiger partial charge < -0.3 is 40.9 Å². The minimum absolute atomic E-state index is 0.354. The van der Waals surface area contributed by atoms with Crippen molar-refractivity contribution in [3.63, 3.8) is 0 Å². The molecule has 0 aliphatic rings. The first-order valence-electron chi connectivity index (χ1n) is 6.62. The minimum Gasteiger partial charge on any atom is -0.480 e. The summed E-state index contributed by atoms with van der Waals surface area (Å²) >= 11 is 0. The molecule has 0 bridgehead atoms. The van der Waals surface area contributed by atoms with Crippen LogP contribution in [0.25, 0.3) is 0 Å². The quantitative estimate of drug-likeness (QED) is 0.211. The van der Waals surface area contributed by atoms with Gasteiger partial charge >= 0.3 is 5.97 Å². The van der Waals surface area contributed by atoms with Gasteiger partial charge in [-0.1, -0.05) is 0 Å². The highest BCUT2D eigenvalue weighted by atomic mass is 16.4. The monoisotopic (exact) mass is 324 g/mol.